The van der Waals surface area contributed by atoms with Gasteiger partial charge in [0.2, 0.25) is 5.79 Å². The molecule has 2 heterocycles. The van der Waals surface area contributed by atoms with E-state index in [4.69, 9.17) is 47.4 Å². The average Bonchev–Trinajstić information content (AvgIpc) is 3.76. The van der Waals surface area contributed by atoms with Gasteiger partial charge < -0.3 is 52.5 Å². The predicted octanol–water partition coefficient (Wildman–Crippen LogP) is 9.46. The third-order valence-corrected chi connectivity index (χ3v) is 12.8. The number of esters is 2. The van der Waals surface area contributed by atoms with E-state index >= 15 is 0 Å². The van der Waals surface area contributed by atoms with E-state index in [1.54, 1.807) is 48.5 Å². The maximum atomic E-state index is 13.7. The molecule has 2 aliphatic heterocycles. The monoisotopic (exact) mass is 1000 g/mol. The van der Waals surface area contributed by atoms with Gasteiger partial charge in [-0.1, -0.05) is 188 Å². The van der Waals surface area contributed by atoms with Crippen molar-refractivity contribution in [1.29, 1.82) is 0 Å². The number of carbonyl (C=O) groups excluding carboxylic acids is 2. The van der Waals surface area contributed by atoms with Gasteiger partial charge >= 0.3 is 11.9 Å². The molecule has 2 saturated heterocycles. The fourth-order valence-electron chi connectivity index (χ4n) is 8.97. The Hall–Kier alpha value is -6.88. The standard InChI is InChI=1S/C61H60O13/c62-43-61(57(69-40-48-30-16-5-17-31-48)54(66-37-45-24-10-2-11-25-45)52(73-61)42-71-59(64)50-34-20-7-21-35-50)74-60-56(68-39-47-28-14-4-15-29-47)55(67-38-46-26-12-3-13-27-46)53(65-36-44-22-8-1-9-23-44)51(72-60)41-70-58(63)49-32-18-6-19-33-49/h1-35,51-57,60,62H,36-43H2/t51-,52-,53-,54-,55+,56-,57+,60-,61+/m1/s1. The number of benzene rings is 7. The molecule has 7 aromatic carbocycles. The van der Waals surface area contributed by atoms with Gasteiger partial charge in [0.1, 0.15) is 62.5 Å². The summed E-state index contributed by atoms with van der Waals surface area (Å²) in [5.74, 6) is -3.24. The van der Waals surface area contributed by atoms with Crippen LogP contribution in [-0.2, 0) is 80.4 Å². The van der Waals surface area contributed by atoms with E-state index < -0.39 is 73.4 Å². The van der Waals surface area contributed by atoms with Crippen LogP contribution >= 0.6 is 0 Å². The first-order valence-electron chi connectivity index (χ1n) is 24.8. The first-order chi connectivity index (χ1) is 36.4. The number of hydrogen-bond donors (Lipinski definition) is 1. The molecule has 7 aromatic rings. The van der Waals surface area contributed by atoms with Crippen LogP contribution in [0, 0.1) is 0 Å². The van der Waals surface area contributed by atoms with E-state index in [1.807, 2.05) is 164 Å². The molecule has 0 radical (unpaired) electrons. The largest absolute Gasteiger partial charge is 0.459 e. The summed E-state index contributed by atoms with van der Waals surface area (Å²) in [6.45, 7) is -0.882. The van der Waals surface area contributed by atoms with Crippen LogP contribution in [0.4, 0.5) is 0 Å². The molecule has 2 fully saturated rings. The second-order valence-electron chi connectivity index (χ2n) is 18.0. The molecule has 13 heteroatoms. The highest BCUT2D eigenvalue weighted by Gasteiger charge is 2.62. The number of carbonyl (C=O) groups is 2. The predicted molar refractivity (Wildman–Crippen MR) is 273 cm³/mol. The Labute approximate surface area is 431 Å². The Morgan fingerprint density at radius 1 is 0.405 bits per heavy atom. The van der Waals surface area contributed by atoms with Gasteiger partial charge in [0.25, 0.3) is 0 Å². The highest BCUT2D eigenvalue weighted by molar-refractivity contribution is 5.89. The maximum absolute atomic E-state index is 13.7. The first kappa shape index (κ1) is 52.0. The van der Waals surface area contributed by atoms with Crippen molar-refractivity contribution in [2.75, 3.05) is 19.8 Å². The second kappa shape index (κ2) is 26.4. The fraction of sp³-hybridized carbons (Fsp3) is 0.279. The molecular formula is C61H60O13. The number of aliphatic hydroxyl groups excluding tert-OH is 1. The molecule has 0 aromatic heterocycles. The Morgan fingerprint density at radius 3 is 1.15 bits per heavy atom. The van der Waals surface area contributed by atoms with Gasteiger partial charge in [0.05, 0.1) is 44.2 Å². The Kier molecular flexibility index (Phi) is 18.5. The van der Waals surface area contributed by atoms with Crippen LogP contribution in [0.3, 0.4) is 0 Å². The molecule has 2 aliphatic rings. The minimum absolute atomic E-state index is 0.0530. The smallest absolute Gasteiger partial charge is 0.338 e. The fourth-order valence-corrected chi connectivity index (χ4v) is 8.97. The van der Waals surface area contributed by atoms with Gasteiger partial charge in [-0.3, -0.25) is 0 Å². The van der Waals surface area contributed by atoms with Crippen LogP contribution in [0.2, 0.25) is 0 Å². The zero-order chi connectivity index (χ0) is 50.8. The molecule has 0 unspecified atom stereocenters. The lowest BCUT2D eigenvalue weighted by Crippen LogP contribution is -2.64. The van der Waals surface area contributed by atoms with Crippen LogP contribution in [0.5, 0.6) is 0 Å². The lowest BCUT2D eigenvalue weighted by atomic mass is 9.97. The third kappa shape index (κ3) is 13.8. The Morgan fingerprint density at radius 2 is 0.743 bits per heavy atom. The summed E-state index contributed by atoms with van der Waals surface area (Å²) < 4.78 is 67.3. The minimum atomic E-state index is -2.08. The summed E-state index contributed by atoms with van der Waals surface area (Å²) in [4.78, 5) is 27.2. The summed E-state index contributed by atoms with van der Waals surface area (Å²) in [7, 11) is 0. The molecule has 382 valence electrons. The van der Waals surface area contributed by atoms with Crippen molar-refractivity contribution in [2.24, 2.45) is 0 Å². The first-order valence-corrected chi connectivity index (χ1v) is 24.8. The highest BCUT2D eigenvalue weighted by atomic mass is 16.8. The number of aliphatic hydroxyl groups is 1. The third-order valence-electron chi connectivity index (χ3n) is 12.8. The summed E-state index contributed by atoms with van der Waals surface area (Å²) in [6, 6.07) is 65.4. The molecule has 13 nitrogen and oxygen atoms in total. The van der Waals surface area contributed by atoms with Crippen LogP contribution in [0.25, 0.3) is 0 Å². The molecule has 0 aliphatic carbocycles. The molecule has 0 saturated carbocycles. The molecule has 0 spiro atoms. The Balaban J connectivity index is 1.11. The van der Waals surface area contributed by atoms with Crippen molar-refractivity contribution in [1.82, 2.24) is 0 Å². The summed E-state index contributed by atoms with van der Waals surface area (Å²) in [5.41, 5.74) is 4.97. The van der Waals surface area contributed by atoms with Crippen LogP contribution < -0.4 is 0 Å². The molecule has 0 amide bonds. The van der Waals surface area contributed by atoms with E-state index in [-0.39, 0.29) is 46.2 Å². The van der Waals surface area contributed by atoms with Gasteiger partial charge in [-0.15, -0.1) is 0 Å². The quantitative estimate of drug-likeness (QED) is 0.0574. The summed E-state index contributed by atoms with van der Waals surface area (Å²) in [5, 5.41) is 11.9. The number of ether oxygens (including phenoxy) is 10. The zero-order valence-electron chi connectivity index (χ0n) is 40.8. The molecule has 9 atom stereocenters. The zero-order valence-corrected chi connectivity index (χ0v) is 40.8. The average molecular weight is 1000 g/mol. The highest BCUT2D eigenvalue weighted by Crippen LogP contribution is 2.42. The van der Waals surface area contributed by atoms with E-state index in [0.717, 1.165) is 27.8 Å². The van der Waals surface area contributed by atoms with E-state index in [9.17, 15) is 14.7 Å². The van der Waals surface area contributed by atoms with E-state index in [0.29, 0.717) is 11.1 Å². The maximum Gasteiger partial charge on any atom is 0.338 e. The van der Waals surface area contributed by atoms with Gasteiger partial charge in [-0.05, 0) is 52.1 Å². The lowest BCUT2D eigenvalue weighted by Gasteiger charge is -2.48. The van der Waals surface area contributed by atoms with Gasteiger partial charge in [0.15, 0.2) is 6.29 Å². The molecule has 0 bridgehead atoms. The van der Waals surface area contributed by atoms with E-state index in [2.05, 4.69) is 0 Å². The van der Waals surface area contributed by atoms with Gasteiger partial charge in [-0.2, -0.15) is 0 Å². The van der Waals surface area contributed by atoms with Gasteiger partial charge in [-0.25, -0.2) is 9.59 Å². The molecule has 74 heavy (non-hydrogen) atoms. The molecular weight excluding hydrogens is 941 g/mol. The van der Waals surface area contributed by atoms with E-state index in [1.165, 1.54) is 0 Å². The van der Waals surface area contributed by atoms with Crippen molar-refractivity contribution >= 4 is 11.9 Å². The van der Waals surface area contributed by atoms with Gasteiger partial charge in [0, 0.05) is 0 Å². The summed E-state index contributed by atoms with van der Waals surface area (Å²) >= 11 is 0. The van der Waals surface area contributed by atoms with Crippen LogP contribution in [0.1, 0.15) is 48.5 Å². The Bertz CT molecular complexity index is 2740. The van der Waals surface area contributed by atoms with Crippen molar-refractivity contribution in [2.45, 2.75) is 87.8 Å². The van der Waals surface area contributed by atoms with Crippen LogP contribution in [-0.4, -0.2) is 91.7 Å². The van der Waals surface area contributed by atoms with Crippen LogP contribution in [0.15, 0.2) is 212 Å². The minimum Gasteiger partial charge on any atom is -0.459 e. The number of rotatable bonds is 24. The number of hydrogen-bond acceptors (Lipinski definition) is 13. The summed E-state index contributed by atoms with van der Waals surface area (Å²) in [6.07, 6.45) is -8.76. The molecule has 1 N–H and O–H groups in total. The normalized spacial score (nSPS) is 23.5. The second-order valence-corrected chi connectivity index (χ2v) is 18.0. The SMILES string of the molecule is O=C(OC[C@H]1O[C@@](CO)(O[C@H]2O[C@H](COC(=O)c3ccccc3)[C@@H](OCc3ccccc3)[C@H](OCc3ccccc3)[C@H]2OCc2ccccc2)[C@@H](OCc2ccccc2)[C@@H]1OCc1ccccc1)c1ccccc1. The van der Waals surface area contributed by atoms with Crippen molar-refractivity contribution in [3.8, 4) is 0 Å². The lowest BCUT2D eigenvalue weighted by molar-refractivity contribution is -0.395. The van der Waals surface area contributed by atoms with Crippen molar-refractivity contribution < 1.29 is 62.1 Å². The molecule has 9 rings (SSSR count). The van der Waals surface area contributed by atoms with Crippen molar-refractivity contribution in [3.63, 3.8) is 0 Å². The van der Waals surface area contributed by atoms with Crippen molar-refractivity contribution in [3.05, 3.63) is 251 Å². The topological polar surface area (TPSA) is 147 Å².